The van der Waals surface area contributed by atoms with Crippen molar-refractivity contribution in [1.29, 1.82) is 0 Å². The van der Waals surface area contributed by atoms with Crippen molar-refractivity contribution in [3.8, 4) is 5.75 Å². The Balaban J connectivity index is 2.22. The van der Waals surface area contributed by atoms with Crippen LogP contribution in [0.4, 0.5) is 5.69 Å². The highest BCUT2D eigenvalue weighted by Crippen LogP contribution is 2.27. The number of carbonyl (C=O) groups excluding carboxylic acids is 1. The molecule has 1 amide bonds. The molecule has 0 bridgehead atoms. The van der Waals surface area contributed by atoms with Crippen molar-refractivity contribution in [3.05, 3.63) is 75.6 Å². The summed E-state index contributed by atoms with van der Waals surface area (Å²) in [7, 11) is 1.57. The number of rotatable bonds is 5. The van der Waals surface area contributed by atoms with Gasteiger partial charge in [-0.15, -0.1) is 6.58 Å². The number of thiazole rings is 1. The minimum Gasteiger partial charge on any atom is -0.495 e. The molecule has 0 aliphatic heterocycles. The summed E-state index contributed by atoms with van der Waals surface area (Å²) in [5.74, 6) is -0.0131. The van der Waals surface area contributed by atoms with Gasteiger partial charge in [-0.3, -0.25) is 14.9 Å². The van der Waals surface area contributed by atoms with Crippen LogP contribution in [0.15, 0.2) is 60.1 Å². The molecule has 0 aliphatic carbocycles. The summed E-state index contributed by atoms with van der Waals surface area (Å²) in [5.41, 5.74) is 0.483. The van der Waals surface area contributed by atoms with Gasteiger partial charge in [-0.25, -0.2) is 0 Å². The lowest BCUT2D eigenvalue weighted by molar-refractivity contribution is -0.385. The lowest BCUT2D eigenvalue weighted by atomic mass is 10.2. The highest BCUT2D eigenvalue weighted by atomic mass is 32.1. The number of ether oxygens (including phenoxy) is 1. The van der Waals surface area contributed by atoms with Gasteiger partial charge in [0, 0.05) is 12.6 Å². The smallest absolute Gasteiger partial charge is 0.286 e. The Morgan fingerprint density at radius 2 is 2.12 bits per heavy atom. The van der Waals surface area contributed by atoms with Gasteiger partial charge in [0.2, 0.25) is 0 Å². The van der Waals surface area contributed by atoms with E-state index in [1.807, 2.05) is 18.2 Å². The number of aromatic nitrogens is 1. The predicted molar refractivity (Wildman–Crippen MR) is 99.6 cm³/mol. The van der Waals surface area contributed by atoms with Crippen molar-refractivity contribution >= 4 is 33.1 Å². The molecule has 8 heteroatoms. The third-order valence-corrected chi connectivity index (χ3v) is 4.77. The number of hydrogen-bond donors (Lipinski definition) is 0. The van der Waals surface area contributed by atoms with E-state index >= 15 is 0 Å². The van der Waals surface area contributed by atoms with Gasteiger partial charge in [-0.2, -0.15) is 4.99 Å². The first-order valence-electron chi connectivity index (χ1n) is 7.66. The topological polar surface area (TPSA) is 86.7 Å². The van der Waals surface area contributed by atoms with Gasteiger partial charge in [0.25, 0.3) is 11.6 Å². The largest absolute Gasteiger partial charge is 0.495 e. The molecule has 0 unspecified atom stereocenters. The molecule has 0 aliphatic rings. The van der Waals surface area contributed by atoms with Gasteiger partial charge in [0.15, 0.2) is 4.80 Å². The molecule has 1 heterocycles. The molecule has 7 nitrogen and oxygen atoms in total. The van der Waals surface area contributed by atoms with Gasteiger partial charge in [-0.05, 0) is 18.2 Å². The molecule has 2 aromatic carbocycles. The molecule has 3 aromatic rings. The first-order chi connectivity index (χ1) is 12.6. The molecule has 0 N–H and O–H groups in total. The fourth-order valence-electron chi connectivity index (χ4n) is 2.61. The first-order valence-corrected chi connectivity index (χ1v) is 8.48. The second-order valence-corrected chi connectivity index (χ2v) is 6.29. The van der Waals surface area contributed by atoms with Gasteiger partial charge < -0.3 is 9.30 Å². The summed E-state index contributed by atoms with van der Waals surface area (Å²) >= 11 is 1.31. The van der Waals surface area contributed by atoms with Crippen LogP contribution < -0.4 is 9.54 Å². The van der Waals surface area contributed by atoms with Crippen molar-refractivity contribution in [3.63, 3.8) is 0 Å². The van der Waals surface area contributed by atoms with Crippen molar-refractivity contribution < 1.29 is 14.5 Å². The number of fused-ring (bicyclic) bond motifs is 1. The molecule has 0 saturated carbocycles. The number of nitro benzene ring substituents is 1. The summed E-state index contributed by atoms with van der Waals surface area (Å²) in [4.78, 5) is 27.7. The van der Waals surface area contributed by atoms with E-state index in [1.165, 1.54) is 29.5 Å². The Kier molecular flexibility index (Phi) is 4.94. The number of nitrogens with zero attached hydrogens (tertiary/aromatic N) is 3. The number of carbonyl (C=O) groups is 1. The molecule has 0 spiro atoms. The van der Waals surface area contributed by atoms with E-state index in [0.29, 0.717) is 17.1 Å². The Morgan fingerprint density at radius 1 is 1.35 bits per heavy atom. The van der Waals surface area contributed by atoms with Gasteiger partial charge in [0.05, 0.1) is 16.7 Å². The second kappa shape index (κ2) is 7.32. The van der Waals surface area contributed by atoms with Crippen LogP contribution in [0.2, 0.25) is 0 Å². The number of allylic oxidation sites excluding steroid dienone is 1. The van der Waals surface area contributed by atoms with Crippen LogP contribution in [0.5, 0.6) is 5.75 Å². The lowest BCUT2D eigenvalue weighted by Crippen LogP contribution is -2.17. The minimum atomic E-state index is -0.666. The highest BCUT2D eigenvalue weighted by molar-refractivity contribution is 7.16. The average molecular weight is 369 g/mol. The van der Waals surface area contributed by atoms with Crippen LogP contribution in [0.1, 0.15) is 10.4 Å². The number of methoxy groups -OCH3 is 1. The molecule has 0 atom stereocenters. The van der Waals surface area contributed by atoms with Crippen molar-refractivity contribution in [1.82, 2.24) is 4.57 Å². The van der Waals surface area contributed by atoms with Gasteiger partial charge in [0.1, 0.15) is 16.8 Å². The lowest BCUT2D eigenvalue weighted by Gasteiger charge is -2.06. The summed E-state index contributed by atoms with van der Waals surface area (Å²) in [6.07, 6.45) is 1.69. The van der Waals surface area contributed by atoms with Crippen LogP contribution in [0, 0.1) is 10.1 Å². The zero-order chi connectivity index (χ0) is 18.7. The van der Waals surface area contributed by atoms with Crippen LogP contribution in [-0.4, -0.2) is 22.5 Å². The minimum absolute atomic E-state index is 0.0490. The molecular weight excluding hydrogens is 354 g/mol. The molecule has 0 radical (unpaired) electrons. The monoisotopic (exact) mass is 369 g/mol. The molecule has 3 rings (SSSR count). The maximum absolute atomic E-state index is 12.6. The van der Waals surface area contributed by atoms with Crippen molar-refractivity contribution in [2.75, 3.05) is 7.11 Å². The van der Waals surface area contributed by atoms with E-state index in [2.05, 4.69) is 11.6 Å². The van der Waals surface area contributed by atoms with Gasteiger partial charge >= 0.3 is 0 Å². The average Bonchev–Trinajstić information content (AvgIpc) is 2.99. The number of benzene rings is 2. The number of amides is 1. The highest BCUT2D eigenvalue weighted by Gasteiger charge is 2.19. The Labute approximate surface area is 152 Å². The maximum Gasteiger partial charge on any atom is 0.286 e. The zero-order valence-corrected chi connectivity index (χ0v) is 14.7. The number of hydrogen-bond acceptors (Lipinski definition) is 5. The van der Waals surface area contributed by atoms with Crippen molar-refractivity contribution in [2.24, 2.45) is 4.99 Å². The third-order valence-electron chi connectivity index (χ3n) is 3.72. The molecular formula is C18H15N3O4S. The first kappa shape index (κ1) is 17.6. The van der Waals surface area contributed by atoms with E-state index in [1.54, 1.807) is 23.8 Å². The summed E-state index contributed by atoms with van der Waals surface area (Å²) in [5, 5.41) is 11.2. The van der Waals surface area contributed by atoms with E-state index in [4.69, 9.17) is 4.74 Å². The Hall–Kier alpha value is -3.26. The molecule has 0 fully saturated rings. The van der Waals surface area contributed by atoms with Crippen LogP contribution in [-0.2, 0) is 6.54 Å². The second-order valence-electron chi connectivity index (χ2n) is 5.28. The SMILES string of the molecule is C=CCn1c(=NC(=O)c2ccccc2[N+](=O)[O-])sc2cccc(OC)c21. The number of para-hydroxylation sites is 2. The molecule has 0 saturated heterocycles. The maximum atomic E-state index is 12.6. The predicted octanol–water partition coefficient (Wildman–Crippen LogP) is 3.55. The normalized spacial score (nSPS) is 11.5. The summed E-state index contributed by atoms with van der Waals surface area (Å²) < 4.78 is 8.10. The fourth-order valence-corrected chi connectivity index (χ4v) is 3.66. The van der Waals surface area contributed by atoms with Crippen LogP contribution in [0.3, 0.4) is 0 Å². The quantitative estimate of drug-likeness (QED) is 0.391. The van der Waals surface area contributed by atoms with Crippen molar-refractivity contribution in [2.45, 2.75) is 6.54 Å². The standard InChI is InChI=1S/C18H15N3O4S/c1-3-11-20-16-14(25-2)9-6-10-15(16)26-18(20)19-17(22)12-7-4-5-8-13(12)21(23)24/h3-10H,1,11H2,2H3. The van der Waals surface area contributed by atoms with E-state index in [0.717, 1.165) is 10.2 Å². The Bertz CT molecular complexity index is 1080. The zero-order valence-electron chi connectivity index (χ0n) is 13.9. The Morgan fingerprint density at radius 3 is 2.81 bits per heavy atom. The number of nitro groups is 1. The summed E-state index contributed by atoms with van der Waals surface area (Å²) in [6.45, 7) is 4.16. The van der Waals surface area contributed by atoms with Gasteiger partial charge in [-0.1, -0.05) is 35.6 Å². The van der Waals surface area contributed by atoms with Crippen LogP contribution in [0.25, 0.3) is 10.2 Å². The molecule has 132 valence electrons. The van der Waals surface area contributed by atoms with E-state index in [-0.39, 0.29) is 11.3 Å². The fraction of sp³-hybridized carbons (Fsp3) is 0.111. The van der Waals surface area contributed by atoms with E-state index in [9.17, 15) is 14.9 Å². The van der Waals surface area contributed by atoms with Crippen LogP contribution >= 0.6 is 11.3 Å². The molecule has 26 heavy (non-hydrogen) atoms. The molecule has 1 aromatic heterocycles. The van der Waals surface area contributed by atoms with E-state index < -0.39 is 10.8 Å². The third kappa shape index (κ3) is 3.14. The summed E-state index contributed by atoms with van der Waals surface area (Å²) in [6, 6.07) is 11.3.